The van der Waals surface area contributed by atoms with Crippen LogP contribution in [0.5, 0.6) is 0 Å². The third-order valence-corrected chi connectivity index (χ3v) is 11.8. The van der Waals surface area contributed by atoms with Gasteiger partial charge in [-0.2, -0.15) is 0 Å². The lowest BCUT2D eigenvalue weighted by Crippen LogP contribution is -2.30. The van der Waals surface area contributed by atoms with Crippen molar-refractivity contribution in [2.24, 2.45) is 0 Å². The number of carbonyl (C=O) groups excluding carboxylic acids is 2. The molecule has 1 unspecified atom stereocenters. The van der Waals surface area contributed by atoms with Gasteiger partial charge in [-0.05, 0) is 96.3 Å². The molecule has 5 nitrogen and oxygen atoms in total. The van der Waals surface area contributed by atoms with Gasteiger partial charge in [0.25, 0.3) is 0 Å². The average molecular weight is 869 g/mol. The average Bonchev–Trinajstić information content (AvgIpc) is 3.27. The molecule has 0 heterocycles. The number of ether oxygens (including phenoxy) is 3. The zero-order valence-corrected chi connectivity index (χ0v) is 41.6. The van der Waals surface area contributed by atoms with Crippen LogP contribution in [0.2, 0.25) is 0 Å². The minimum atomic E-state index is -0.547. The molecule has 0 bridgehead atoms. The zero-order valence-electron chi connectivity index (χ0n) is 41.6. The Hall–Kier alpha value is -2.14. The highest BCUT2D eigenvalue weighted by Crippen LogP contribution is 2.14. The topological polar surface area (TPSA) is 61.8 Å². The van der Waals surface area contributed by atoms with E-state index in [-0.39, 0.29) is 25.2 Å². The van der Waals surface area contributed by atoms with Gasteiger partial charge in [0, 0.05) is 19.4 Å². The van der Waals surface area contributed by atoms with E-state index >= 15 is 0 Å². The minimum absolute atomic E-state index is 0.0759. The van der Waals surface area contributed by atoms with Crippen LogP contribution in [0.25, 0.3) is 0 Å². The Morgan fingerprint density at radius 3 is 1.15 bits per heavy atom. The number of unbranched alkanes of at least 4 members (excludes halogenated alkanes) is 31. The summed E-state index contributed by atoms with van der Waals surface area (Å²) < 4.78 is 17.4. The molecular formula is C57H104O5. The normalized spacial score (nSPS) is 12.5. The highest BCUT2D eigenvalue weighted by atomic mass is 16.6. The molecule has 0 rings (SSSR count). The first kappa shape index (κ1) is 59.9. The summed E-state index contributed by atoms with van der Waals surface area (Å²) >= 11 is 0. The molecule has 0 aromatic rings. The minimum Gasteiger partial charge on any atom is -0.462 e. The second kappa shape index (κ2) is 53.2. The third kappa shape index (κ3) is 50.5. The first-order valence-electron chi connectivity index (χ1n) is 27.2. The summed E-state index contributed by atoms with van der Waals surface area (Å²) in [6.45, 7) is 7.76. The van der Waals surface area contributed by atoms with Crippen LogP contribution in [-0.4, -0.2) is 37.9 Å². The van der Waals surface area contributed by atoms with Crippen molar-refractivity contribution in [3.05, 3.63) is 48.6 Å². The lowest BCUT2D eigenvalue weighted by atomic mass is 10.1. The molecule has 0 amide bonds. The van der Waals surface area contributed by atoms with Crippen molar-refractivity contribution in [3.63, 3.8) is 0 Å². The molecule has 1 atom stereocenters. The van der Waals surface area contributed by atoms with Gasteiger partial charge in [-0.25, -0.2) is 0 Å². The molecule has 62 heavy (non-hydrogen) atoms. The molecule has 0 saturated heterocycles. The molecule has 0 N–H and O–H groups in total. The molecule has 362 valence electrons. The second-order valence-corrected chi connectivity index (χ2v) is 18.1. The molecular weight excluding hydrogens is 765 g/mol. The molecule has 5 heteroatoms. The van der Waals surface area contributed by atoms with E-state index in [4.69, 9.17) is 14.2 Å². The molecule has 0 saturated carbocycles. The van der Waals surface area contributed by atoms with Crippen LogP contribution < -0.4 is 0 Å². The Labute approximate surface area is 386 Å². The van der Waals surface area contributed by atoms with Crippen LogP contribution in [-0.2, 0) is 23.8 Å². The van der Waals surface area contributed by atoms with E-state index < -0.39 is 6.10 Å². The standard InChI is InChI=1S/C57H104O5/c1-4-7-10-13-16-19-22-25-27-28-29-31-34-37-40-43-46-49-52-60-53-55(62-57(59)51-48-45-42-39-36-32-24-21-18-15-12-9-6-3)54-61-56(58)50-47-44-41-38-35-33-30-26-23-20-17-14-11-8-5-2/h12,15,21,24-27,30,55H,4-11,13-14,16-20,22-23,28-29,31-54H2,1-3H3/b15-12-,24-21-,27-25-,30-26-. The van der Waals surface area contributed by atoms with Gasteiger partial charge in [0.05, 0.1) is 6.61 Å². The van der Waals surface area contributed by atoms with E-state index in [0.717, 1.165) is 70.6 Å². The van der Waals surface area contributed by atoms with E-state index in [1.807, 2.05) is 0 Å². The van der Waals surface area contributed by atoms with Crippen molar-refractivity contribution >= 4 is 11.9 Å². The second-order valence-electron chi connectivity index (χ2n) is 18.1. The summed E-state index contributed by atoms with van der Waals surface area (Å²) in [5.74, 6) is -0.415. The lowest BCUT2D eigenvalue weighted by molar-refractivity contribution is -0.163. The number of hydrogen-bond donors (Lipinski definition) is 0. The number of allylic oxidation sites excluding steroid dienone is 8. The molecule has 0 fully saturated rings. The quantitative estimate of drug-likeness (QED) is 0.0346. The fourth-order valence-corrected chi connectivity index (χ4v) is 7.71. The first-order chi connectivity index (χ1) is 30.6. The molecule has 0 aliphatic rings. The fourth-order valence-electron chi connectivity index (χ4n) is 7.71. The molecule has 0 spiro atoms. The summed E-state index contributed by atoms with van der Waals surface area (Å²) in [5.41, 5.74) is 0. The van der Waals surface area contributed by atoms with Crippen LogP contribution in [0.15, 0.2) is 48.6 Å². The molecule has 0 aromatic carbocycles. The van der Waals surface area contributed by atoms with Crippen molar-refractivity contribution in [3.8, 4) is 0 Å². The summed E-state index contributed by atoms with van der Waals surface area (Å²) in [6.07, 6.45) is 65.5. The van der Waals surface area contributed by atoms with Crippen molar-refractivity contribution in [2.75, 3.05) is 19.8 Å². The summed E-state index contributed by atoms with van der Waals surface area (Å²) in [5, 5.41) is 0. The Bertz CT molecular complexity index is 1030. The molecule has 0 aromatic heterocycles. The van der Waals surface area contributed by atoms with Gasteiger partial charge in [0.1, 0.15) is 6.61 Å². The zero-order chi connectivity index (χ0) is 44.9. The summed E-state index contributed by atoms with van der Waals surface area (Å²) in [7, 11) is 0. The SMILES string of the molecule is CCC/C=C\C/C=C\CCCCCCCC(=O)OC(COCCCCCCCCCC/C=C\CCCCCCCC)COC(=O)CCCCCCC/C=C\CCCCCCCC. The summed E-state index contributed by atoms with van der Waals surface area (Å²) in [4.78, 5) is 25.4. The van der Waals surface area contributed by atoms with E-state index in [1.54, 1.807) is 0 Å². The highest BCUT2D eigenvalue weighted by molar-refractivity contribution is 5.70. The largest absolute Gasteiger partial charge is 0.462 e. The maximum Gasteiger partial charge on any atom is 0.306 e. The van der Waals surface area contributed by atoms with Crippen molar-refractivity contribution in [1.82, 2.24) is 0 Å². The molecule has 0 aliphatic carbocycles. The van der Waals surface area contributed by atoms with Gasteiger partial charge < -0.3 is 14.2 Å². The van der Waals surface area contributed by atoms with E-state index in [0.29, 0.717) is 19.4 Å². The monoisotopic (exact) mass is 869 g/mol. The first-order valence-corrected chi connectivity index (χ1v) is 27.2. The Balaban J connectivity index is 4.26. The van der Waals surface area contributed by atoms with Gasteiger partial charge >= 0.3 is 11.9 Å². The van der Waals surface area contributed by atoms with Gasteiger partial charge in [-0.15, -0.1) is 0 Å². The van der Waals surface area contributed by atoms with Crippen molar-refractivity contribution < 1.29 is 23.8 Å². The van der Waals surface area contributed by atoms with E-state index in [9.17, 15) is 9.59 Å². The van der Waals surface area contributed by atoms with E-state index in [2.05, 4.69) is 69.4 Å². The van der Waals surface area contributed by atoms with Crippen molar-refractivity contribution in [2.45, 2.75) is 284 Å². The maximum atomic E-state index is 12.8. The van der Waals surface area contributed by atoms with Gasteiger partial charge in [0.15, 0.2) is 6.10 Å². The van der Waals surface area contributed by atoms with Crippen LogP contribution >= 0.6 is 0 Å². The van der Waals surface area contributed by atoms with Gasteiger partial charge in [-0.1, -0.05) is 217 Å². The highest BCUT2D eigenvalue weighted by Gasteiger charge is 2.17. The molecule has 0 aliphatic heterocycles. The predicted molar refractivity (Wildman–Crippen MR) is 270 cm³/mol. The smallest absolute Gasteiger partial charge is 0.306 e. The third-order valence-electron chi connectivity index (χ3n) is 11.8. The fraction of sp³-hybridized carbons (Fsp3) is 0.825. The lowest BCUT2D eigenvalue weighted by Gasteiger charge is -2.18. The Morgan fingerprint density at radius 2 is 0.710 bits per heavy atom. The Kier molecular flexibility index (Phi) is 51.4. The van der Waals surface area contributed by atoms with E-state index in [1.165, 1.54) is 173 Å². The number of esters is 2. The van der Waals surface area contributed by atoms with Crippen LogP contribution in [0, 0.1) is 0 Å². The number of rotatable bonds is 50. The Morgan fingerprint density at radius 1 is 0.355 bits per heavy atom. The van der Waals surface area contributed by atoms with Crippen LogP contribution in [0.4, 0.5) is 0 Å². The summed E-state index contributed by atoms with van der Waals surface area (Å²) in [6, 6.07) is 0. The van der Waals surface area contributed by atoms with Crippen molar-refractivity contribution in [1.29, 1.82) is 0 Å². The number of carbonyl (C=O) groups is 2. The maximum absolute atomic E-state index is 12.8. The van der Waals surface area contributed by atoms with Crippen LogP contribution in [0.3, 0.4) is 0 Å². The molecule has 0 radical (unpaired) electrons. The number of hydrogen-bond acceptors (Lipinski definition) is 5. The predicted octanol–water partition coefficient (Wildman–Crippen LogP) is 18.3. The van der Waals surface area contributed by atoms with Gasteiger partial charge in [-0.3, -0.25) is 9.59 Å². The van der Waals surface area contributed by atoms with Crippen LogP contribution in [0.1, 0.15) is 278 Å². The van der Waals surface area contributed by atoms with Gasteiger partial charge in [0.2, 0.25) is 0 Å².